The third-order valence-corrected chi connectivity index (χ3v) is 2.50. The molecule has 21 heavy (non-hydrogen) atoms. The van der Waals surface area contributed by atoms with E-state index < -0.39 is 5.66 Å². The van der Waals surface area contributed by atoms with Gasteiger partial charge in [-0.25, -0.2) is 20.4 Å². The largest absolute Gasteiger partial charge is 0.306 e. The maximum absolute atomic E-state index is 8.35. The Balaban J connectivity index is 0.000000578. The van der Waals surface area contributed by atoms with Gasteiger partial charge in [0.05, 0.1) is 0 Å². The van der Waals surface area contributed by atoms with Crippen LogP contribution in [-0.2, 0) is 15.3 Å². The van der Waals surface area contributed by atoms with E-state index in [1.807, 2.05) is 60.7 Å². The van der Waals surface area contributed by atoms with Crippen LogP contribution >= 0.6 is 0 Å². The Morgan fingerprint density at radius 1 is 0.714 bits per heavy atom. The van der Waals surface area contributed by atoms with Crippen LogP contribution < -0.4 is 11.5 Å². The van der Waals surface area contributed by atoms with Crippen LogP contribution in [0.3, 0.4) is 0 Å². The molecule has 2 aromatic rings. The topological polar surface area (TPSA) is 134 Å². The summed E-state index contributed by atoms with van der Waals surface area (Å²) in [6.07, 6.45) is 1.50. The van der Waals surface area contributed by atoms with Crippen molar-refractivity contribution in [3.63, 3.8) is 0 Å². The monoisotopic (exact) mass is 284 g/mol. The van der Waals surface area contributed by atoms with Crippen molar-refractivity contribution in [2.45, 2.75) is 5.66 Å². The molecule has 6 N–H and O–H groups in total. The highest BCUT2D eigenvalue weighted by Gasteiger charge is 2.23. The Bertz CT molecular complexity index is 532. The molecule has 2 aromatic carbocycles. The molecule has 0 fully saturated rings. The van der Waals surface area contributed by atoms with E-state index in [1.54, 1.807) is 0 Å². The van der Waals surface area contributed by atoms with Crippen LogP contribution in [-0.4, -0.2) is 12.2 Å². The van der Waals surface area contributed by atoms with Crippen molar-refractivity contribution in [2.75, 3.05) is 0 Å². The van der Waals surface area contributed by atoms with Crippen molar-refractivity contribution >= 4 is 12.2 Å². The van der Waals surface area contributed by atoms with Crippen LogP contribution in [0, 0.1) is 10.8 Å². The lowest BCUT2D eigenvalue weighted by atomic mass is 9.93. The normalized spacial score (nSPS) is 8.86. The lowest BCUT2D eigenvalue weighted by Crippen LogP contribution is -2.46. The van der Waals surface area contributed by atoms with Crippen LogP contribution in [0.2, 0.25) is 0 Å². The molecule has 0 aliphatic carbocycles. The smallest absolute Gasteiger partial charge is 0.231 e. The van der Waals surface area contributed by atoms with Gasteiger partial charge >= 0.3 is 0 Å². The number of isocyanates is 2. The summed E-state index contributed by atoms with van der Waals surface area (Å²) in [7, 11) is 0. The third-order valence-electron chi connectivity index (χ3n) is 2.50. The van der Waals surface area contributed by atoms with Gasteiger partial charge < -0.3 is 11.5 Å². The van der Waals surface area contributed by atoms with E-state index in [2.05, 4.69) is 0 Å². The number of hydrogen-bond donors (Lipinski definition) is 4. The number of benzene rings is 2. The Morgan fingerprint density at radius 2 is 0.952 bits per heavy atom. The van der Waals surface area contributed by atoms with Gasteiger partial charge in [-0.05, 0) is 11.1 Å². The van der Waals surface area contributed by atoms with Crippen molar-refractivity contribution in [3.05, 3.63) is 71.8 Å². The standard InChI is InChI=1S/C13H14N2.2CHNO/c14-13(15,11-7-3-1-4-8-11)12-9-5-2-6-10-12;2*2-1-3/h1-10H,14-15H2;2*2H. The zero-order chi connectivity index (χ0) is 16.1. The highest BCUT2D eigenvalue weighted by molar-refractivity contribution is 5.35. The van der Waals surface area contributed by atoms with Gasteiger partial charge in [-0.1, -0.05) is 60.7 Å². The second-order valence-corrected chi connectivity index (χ2v) is 3.81. The third kappa shape index (κ3) is 6.20. The molecule has 2 rings (SSSR count). The van der Waals surface area contributed by atoms with Gasteiger partial charge in [0.25, 0.3) is 0 Å². The molecular weight excluding hydrogens is 268 g/mol. The Hall–Kier alpha value is -2.88. The van der Waals surface area contributed by atoms with Crippen LogP contribution in [0.5, 0.6) is 0 Å². The predicted octanol–water partition coefficient (Wildman–Crippen LogP) is 1.61. The highest BCUT2D eigenvalue weighted by atomic mass is 16.1. The summed E-state index contributed by atoms with van der Waals surface area (Å²) in [6, 6.07) is 19.4. The van der Waals surface area contributed by atoms with E-state index in [9.17, 15) is 0 Å². The number of nitrogens with two attached hydrogens (primary N) is 2. The summed E-state index contributed by atoms with van der Waals surface area (Å²) in [4.78, 5) is 16.7. The van der Waals surface area contributed by atoms with Crippen LogP contribution in [0.15, 0.2) is 60.7 Å². The molecule has 0 amide bonds. The van der Waals surface area contributed by atoms with Crippen molar-refractivity contribution in [3.8, 4) is 0 Å². The molecular formula is C15H16N4O2. The molecule has 0 spiro atoms. The second-order valence-electron chi connectivity index (χ2n) is 3.81. The van der Waals surface area contributed by atoms with Gasteiger partial charge in [0.1, 0.15) is 5.66 Å². The van der Waals surface area contributed by atoms with E-state index >= 15 is 0 Å². The van der Waals surface area contributed by atoms with E-state index in [0.29, 0.717) is 0 Å². The zero-order valence-corrected chi connectivity index (χ0v) is 11.2. The molecule has 0 saturated heterocycles. The summed E-state index contributed by atoms with van der Waals surface area (Å²) in [6.45, 7) is 0. The van der Waals surface area contributed by atoms with Crippen LogP contribution in [0.4, 0.5) is 0 Å². The number of hydrogen-bond acceptors (Lipinski definition) is 6. The molecule has 0 aliphatic heterocycles. The minimum atomic E-state index is -0.914. The average Bonchev–Trinajstić information content (AvgIpc) is 2.51. The predicted molar refractivity (Wildman–Crippen MR) is 78.9 cm³/mol. The first-order valence-corrected chi connectivity index (χ1v) is 5.81. The fraction of sp³-hybridized carbons (Fsp3) is 0.0667. The minimum Gasteiger partial charge on any atom is -0.306 e. The Labute approximate surface area is 122 Å². The summed E-state index contributed by atoms with van der Waals surface area (Å²) in [5, 5.41) is 10.8. The van der Waals surface area contributed by atoms with Gasteiger partial charge in [0.15, 0.2) is 0 Å². The first-order valence-electron chi connectivity index (χ1n) is 5.81. The summed E-state index contributed by atoms with van der Waals surface area (Å²) < 4.78 is 0. The zero-order valence-electron chi connectivity index (χ0n) is 11.2. The first kappa shape index (κ1) is 18.1. The fourth-order valence-electron chi connectivity index (χ4n) is 1.59. The maximum Gasteiger partial charge on any atom is 0.231 e. The highest BCUT2D eigenvalue weighted by Crippen LogP contribution is 2.20. The van der Waals surface area contributed by atoms with Gasteiger partial charge in [-0.15, -0.1) is 0 Å². The molecule has 108 valence electrons. The molecule has 0 saturated carbocycles. The van der Waals surface area contributed by atoms with E-state index in [1.165, 1.54) is 0 Å². The quantitative estimate of drug-likeness (QED) is 0.378. The molecule has 6 nitrogen and oxygen atoms in total. The summed E-state index contributed by atoms with van der Waals surface area (Å²) >= 11 is 0. The number of rotatable bonds is 2. The number of carbonyl (C=O) groups excluding carboxylic acids is 2. The lowest BCUT2D eigenvalue weighted by molar-refractivity contribution is 0.562. The summed E-state index contributed by atoms with van der Waals surface area (Å²) in [5.41, 5.74) is 13.2. The van der Waals surface area contributed by atoms with E-state index in [-0.39, 0.29) is 0 Å². The van der Waals surface area contributed by atoms with Gasteiger partial charge in [-0.2, -0.15) is 0 Å². The molecule has 0 aromatic heterocycles. The Morgan fingerprint density at radius 3 is 1.19 bits per heavy atom. The average molecular weight is 284 g/mol. The van der Waals surface area contributed by atoms with Crippen molar-refractivity contribution in [1.82, 2.24) is 0 Å². The minimum absolute atomic E-state index is 0.750. The molecule has 0 heterocycles. The second kappa shape index (κ2) is 9.97. The number of nitrogens with one attached hydrogen (secondary N) is 2. The molecule has 6 heteroatoms. The fourth-order valence-corrected chi connectivity index (χ4v) is 1.59. The van der Waals surface area contributed by atoms with Crippen molar-refractivity contribution in [2.24, 2.45) is 11.5 Å². The SMILES string of the molecule is N=C=O.N=C=O.NC(N)(c1ccccc1)c1ccccc1. The van der Waals surface area contributed by atoms with Gasteiger partial charge in [0.2, 0.25) is 12.2 Å². The molecule has 0 unspecified atom stereocenters. The molecule has 0 aliphatic rings. The molecule has 0 radical (unpaired) electrons. The lowest BCUT2D eigenvalue weighted by Gasteiger charge is -2.25. The van der Waals surface area contributed by atoms with E-state index in [4.69, 9.17) is 31.9 Å². The molecule has 0 bridgehead atoms. The maximum atomic E-state index is 8.35. The van der Waals surface area contributed by atoms with Crippen molar-refractivity contribution in [1.29, 1.82) is 10.8 Å². The first-order chi connectivity index (χ1) is 10.0. The van der Waals surface area contributed by atoms with Crippen molar-refractivity contribution < 1.29 is 9.59 Å². The Kier molecular flexibility index (Phi) is 8.61. The van der Waals surface area contributed by atoms with Gasteiger partial charge in [0, 0.05) is 0 Å². The van der Waals surface area contributed by atoms with Crippen LogP contribution in [0.25, 0.3) is 0 Å². The van der Waals surface area contributed by atoms with E-state index in [0.717, 1.165) is 23.3 Å². The van der Waals surface area contributed by atoms with Crippen LogP contribution in [0.1, 0.15) is 11.1 Å². The van der Waals surface area contributed by atoms with Gasteiger partial charge in [-0.3, -0.25) is 0 Å². The molecule has 0 atom stereocenters. The summed E-state index contributed by atoms with van der Waals surface area (Å²) in [5.74, 6) is 0.